The number of carboxylic acid groups (broad SMARTS) is 1. The summed E-state index contributed by atoms with van der Waals surface area (Å²) in [7, 11) is 0. The van der Waals surface area contributed by atoms with Crippen LogP contribution in [0.3, 0.4) is 0 Å². The van der Waals surface area contributed by atoms with Crippen LogP contribution in [0.1, 0.15) is 199 Å². The third kappa shape index (κ3) is 32.6. The zero-order valence-electron chi connectivity index (χ0n) is 82.0. The van der Waals surface area contributed by atoms with Crippen molar-refractivity contribution < 1.29 is 33.7 Å². The summed E-state index contributed by atoms with van der Waals surface area (Å²) in [5.74, 6) is -1.67. The van der Waals surface area contributed by atoms with E-state index in [1.807, 2.05) is 112 Å². The average Bonchev–Trinajstić information content (AvgIpc) is 1.51. The molecule has 0 saturated carbocycles. The highest BCUT2D eigenvalue weighted by molar-refractivity contribution is 8.03. The van der Waals surface area contributed by atoms with E-state index in [9.17, 15) is 19.5 Å². The number of carbonyl (C=O) groups is 3. The quantitative estimate of drug-likeness (QED) is 0.0170. The van der Waals surface area contributed by atoms with E-state index in [4.69, 9.17) is 14.2 Å². The number of aryl methyl sites for hydroxylation is 2. The van der Waals surface area contributed by atoms with E-state index >= 15 is 0 Å². The van der Waals surface area contributed by atoms with Crippen molar-refractivity contribution in [3.05, 3.63) is 500 Å². The Hall–Kier alpha value is -12.9. The molecule has 2 aliphatic rings. The van der Waals surface area contributed by atoms with Crippen molar-refractivity contribution in [3.8, 4) is 0 Å². The fourth-order valence-corrected chi connectivity index (χ4v) is 21.0. The Balaban J connectivity index is 0.000000165. The second-order valence-electron chi connectivity index (χ2n) is 36.9. The summed E-state index contributed by atoms with van der Waals surface area (Å²) in [6.07, 6.45) is 11.3. The monoisotopic (exact) mass is 1900 g/mol. The molecule has 16 rings (SSSR count). The van der Waals surface area contributed by atoms with E-state index in [0.717, 1.165) is 156 Å². The first kappa shape index (κ1) is 103. The van der Waals surface area contributed by atoms with Crippen LogP contribution in [0.5, 0.6) is 0 Å². The predicted octanol–water partition coefficient (Wildman–Crippen LogP) is 32.3. The number of benzene rings is 14. The zero-order chi connectivity index (χ0) is 97.3. The molecule has 0 amide bonds. The Kier molecular flexibility index (Phi) is 40.1. The van der Waals surface area contributed by atoms with E-state index in [1.54, 1.807) is 28.9 Å². The van der Waals surface area contributed by atoms with Gasteiger partial charge in [-0.25, -0.2) is 14.4 Å². The molecule has 1 saturated heterocycles. The zero-order valence-corrected chi connectivity index (χ0v) is 84.4. The Bertz CT molecular complexity index is 6010. The SMILES string of the molecule is CCC[C@@]1(CCc2ccccc2)CC(Sc2ccccc2)=C([C@H](CC)c2cccc(N(Cc3ccccc3)Cc3ccccc3)c2)C(=O)O1.CCC[C@@]1(CCc2ccccc2)CO1.CC[C@@H](C(=CSc1ccccc1)C(=O)O)c1cccc(N(Cc2ccccc2)Cc2ccccc2)c1.CC[C@@H](C(=CSc1ccccc1)C(=O)OC(C)(C)C)c1cccc(N(Cc2ccccc2)Cc2ccccc2)c1. The minimum Gasteiger partial charge on any atom is -0.478 e. The highest BCUT2D eigenvalue weighted by Crippen LogP contribution is 2.49. The topological polar surface area (TPSA) is 112 Å². The van der Waals surface area contributed by atoms with Gasteiger partial charge in [0, 0.05) is 100 Å². The molecular formula is C126H135N3O7S3. The first-order chi connectivity index (χ1) is 67.9. The van der Waals surface area contributed by atoms with Crippen LogP contribution in [0.15, 0.2) is 454 Å². The fourth-order valence-electron chi connectivity index (χ4n) is 18.1. The van der Waals surface area contributed by atoms with Crippen molar-refractivity contribution in [2.75, 3.05) is 21.3 Å². The summed E-state index contributed by atoms with van der Waals surface area (Å²) in [5, 5.41) is 13.9. The molecule has 14 aromatic rings. The smallest absolute Gasteiger partial charge is 0.336 e. The predicted molar refractivity (Wildman–Crippen MR) is 582 cm³/mol. The summed E-state index contributed by atoms with van der Waals surface area (Å²) >= 11 is 4.77. The maximum Gasteiger partial charge on any atom is 0.336 e. The molecule has 2 aliphatic heterocycles. The number of anilines is 3. The van der Waals surface area contributed by atoms with E-state index in [2.05, 4.69) is 370 Å². The largest absolute Gasteiger partial charge is 0.478 e. The Morgan fingerprint density at radius 3 is 1.00 bits per heavy atom. The van der Waals surface area contributed by atoms with Crippen LogP contribution in [0.4, 0.5) is 17.1 Å². The molecule has 0 aromatic heterocycles. The normalized spacial score (nSPS) is 15.2. The molecule has 0 unspecified atom stereocenters. The molecule has 10 nitrogen and oxygen atoms in total. The number of nitrogens with zero attached hydrogens (tertiary/aromatic N) is 3. The number of aliphatic carboxylic acids is 1. The molecule has 2 heterocycles. The van der Waals surface area contributed by atoms with Crippen LogP contribution in [-0.4, -0.2) is 46.4 Å². The molecule has 0 aliphatic carbocycles. The van der Waals surface area contributed by atoms with Crippen molar-refractivity contribution in [2.45, 2.75) is 221 Å². The molecule has 139 heavy (non-hydrogen) atoms. The second-order valence-corrected chi connectivity index (χ2v) is 40.0. The van der Waals surface area contributed by atoms with E-state index in [1.165, 1.54) is 75.5 Å². The lowest BCUT2D eigenvalue weighted by Gasteiger charge is -2.40. The fraction of sp³-hybridized carbons (Fsp3) is 0.262. The van der Waals surface area contributed by atoms with Gasteiger partial charge in [-0.2, -0.15) is 0 Å². The lowest BCUT2D eigenvalue weighted by molar-refractivity contribution is -0.159. The van der Waals surface area contributed by atoms with Crippen molar-refractivity contribution in [3.63, 3.8) is 0 Å². The van der Waals surface area contributed by atoms with Gasteiger partial charge in [-0.1, -0.05) is 416 Å². The standard InChI is InChI=1S/C45H47NO2S.C36H39NO2S.C32H31NO2S.C13H18O/c1-3-29-45(30-28-35-18-9-5-10-19-35)32-42(49-40-26-15-8-16-27-40)43(44(47)48-45)41(4-2)38-24-17-25-39(31-38)46(33-36-20-11-6-12-21-36)34-37-22-13-7-14-23-37;1-5-33(34(35(38)39-36(2,3)4)27-40-32-22-13-8-14-23-32)30-20-15-21-31(24-30)37(25-28-16-9-6-10-17-28)26-29-18-11-7-12-19-29;1-2-30(31(32(34)35)24-36-29-19-10-5-11-20-29)27-17-12-18-28(21-27)33(22-25-13-6-3-7-14-25)23-26-15-8-4-9-16-26;1-2-9-13(11-14-13)10-8-12-6-4-3-5-7-12/h5-27,31,41H,3-4,28-30,32-34H2,1-2H3;6-24,27,33H,5,25-26H2,1-4H3;3-21,24,30H,2,22-23H2,1H3,(H,34,35);3-7H,2,8-11H2,1H3/t41-,45-;33-;30-;13-/m1111/s1. The lowest BCUT2D eigenvalue weighted by Crippen LogP contribution is -2.41. The van der Waals surface area contributed by atoms with Gasteiger partial charge < -0.3 is 34.0 Å². The third-order valence-corrected chi connectivity index (χ3v) is 28.2. The molecule has 14 aromatic carbocycles. The number of ether oxygens (including phenoxy) is 3. The van der Waals surface area contributed by atoms with Crippen LogP contribution in [0.2, 0.25) is 0 Å². The van der Waals surface area contributed by atoms with Crippen LogP contribution >= 0.6 is 35.3 Å². The summed E-state index contributed by atoms with van der Waals surface area (Å²) < 4.78 is 18.1. The molecule has 5 atom stereocenters. The van der Waals surface area contributed by atoms with Crippen LogP contribution in [0.25, 0.3) is 0 Å². The third-order valence-electron chi connectivity index (χ3n) is 25.2. The number of hydrogen-bond acceptors (Lipinski definition) is 12. The van der Waals surface area contributed by atoms with Crippen LogP contribution < -0.4 is 14.7 Å². The first-order valence-electron chi connectivity index (χ1n) is 49.4. The molecule has 1 fully saturated rings. The van der Waals surface area contributed by atoms with Crippen molar-refractivity contribution in [1.29, 1.82) is 0 Å². The highest BCUT2D eigenvalue weighted by Gasteiger charge is 2.45. The first-order valence-corrected chi connectivity index (χ1v) is 51.9. The van der Waals surface area contributed by atoms with Crippen LogP contribution in [-0.2, 0) is 80.7 Å². The molecular weight excluding hydrogens is 1760 g/mol. The van der Waals surface area contributed by atoms with E-state index in [-0.39, 0.29) is 35.3 Å². The summed E-state index contributed by atoms with van der Waals surface area (Å²) in [5.41, 5.74) is 17.9. The molecule has 0 radical (unpaired) electrons. The summed E-state index contributed by atoms with van der Waals surface area (Å²) in [6.45, 7) is 22.2. The Labute approximate surface area is 840 Å². The number of cyclic esters (lactones) is 1. The molecule has 0 spiro atoms. The lowest BCUT2D eigenvalue weighted by atomic mass is 9.80. The molecule has 1 N–H and O–H groups in total. The average molecular weight is 1900 g/mol. The van der Waals surface area contributed by atoms with Gasteiger partial charge >= 0.3 is 17.9 Å². The van der Waals surface area contributed by atoms with E-state index < -0.39 is 17.2 Å². The van der Waals surface area contributed by atoms with Crippen molar-refractivity contribution >= 4 is 70.3 Å². The number of hydrogen-bond donors (Lipinski definition) is 1. The number of carbonyl (C=O) groups excluding carboxylic acids is 2. The van der Waals surface area contributed by atoms with Gasteiger partial charge in [0.15, 0.2) is 0 Å². The minimum atomic E-state index is -0.874. The number of thioether (sulfide) groups is 3. The Morgan fingerprint density at radius 2 is 0.676 bits per heavy atom. The van der Waals surface area contributed by atoms with Gasteiger partial charge in [-0.05, 0) is 223 Å². The van der Waals surface area contributed by atoms with Gasteiger partial charge in [0.25, 0.3) is 0 Å². The second kappa shape index (κ2) is 53.9. The Morgan fingerprint density at radius 1 is 0.374 bits per heavy atom. The number of rotatable bonds is 42. The molecule has 0 bridgehead atoms. The van der Waals surface area contributed by atoms with E-state index in [0.29, 0.717) is 17.6 Å². The van der Waals surface area contributed by atoms with Gasteiger partial charge in [0.1, 0.15) is 11.2 Å². The molecule has 13 heteroatoms. The van der Waals surface area contributed by atoms with Crippen molar-refractivity contribution in [2.24, 2.45) is 0 Å². The highest BCUT2D eigenvalue weighted by atomic mass is 32.2. The van der Waals surface area contributed by atoms with Crippen molar-refractivity contribution in [1.82, 2.24) is 0 Å². The molecule has 714 valence electrons. The summed E-state index contributed by atoms with van der Waals surface area (Å²) in [4.78, 5) is 51.9. The maximum absolute atomic E-state index is 14.5. The summed E-state index contributed by atoms with van der Waals surface area (Å²) in [6, 6.07) is 141. The maximum atomic E-state index is 14.5. The van der Waals surface area contributed by atoms with Gasteiger partial charge in [0.2, 0.25) is 0 Å². The van der Waals surface area contributed by atoms with Gasteiger partial charge in [-0.15, -0.1) is 0 Å². The number of epoxide rings is 1. The van der Waals surface area contributed by atoms with Gasteiger partial charge in [0.05, 0.1) is 28.9 Å². The van der Waals surface area contributed by atoms with Gasteiger partial charge in [-0.3, -0.25) is 0 Å². The number of esters is 2. The number of carboxylic acids is 1. The van der Waals surface area contributed by atoms with Crippen LogP contribution in [0, 0.1) is 0 Å². The minimum absolute atomic E-state index is 0.0808.